The first kappa shape index (κ1) is 13.8. The van der Waals surface area contributed by atoms with Crippen LogP contribution in [0, 0.1) is 5.82 Å². The van der Waals surface area contributed by atoms with E-state index in [4.69, 9.17) is 5.73 Å². The summed E-state index contributed by atoms with van der Waals surface area (Å²) in [6.07, 6.45) is 5.70. The second-order valence-corrected chi connectivity index (χ2v) is 5.12. The number of halogens is 1. The van der Waals surface area contributed by atoms with E-state index < -0.39 is 5.82 Å². The fourth-order valence-electron chi connectivity index (χ4n) is 2.79. The molecule has 1 aromatic carbocycles. The molecule has 104 valence electrons. The number of anilines is 1. The summed E-state index contributed by atoms with van der Waals surface area (Å²) in [5, 5.41) is 0. The summed E-state index contributed by atoms with van der Waals surface area (Å²) in [7, 11) is 0. The van der Waals surface area contributed by atoms with Gasteiger partial charge in [0.05, 0.1) is 5.69 Å². The molecule has 0 radical (unpaired) electrons. The lowest BCUT2D eigenvalue weighted by atomic mass is 9.93. The van der Waals surface area contributed by atoms with Gasteiger partial charge >= 0.3 is 0 Å². The van der Waals surface area contributed by atoms with E-state index >= 15 is 0 Å². The highest BCUT2D eigenvalue weighted by Crippen LogP contribution is 2.24. The second kappa shape index (κ2) is 6.04. The number of nitrogens with zero attached hydrogens (tertiary/aromatic N) is 1. The molecule has 1 amide bonds. The van der Waals surface area contributed by atoms with Gasteiger partial charge in [0.1, 0.15) is 5.82 Å². The summed E-state index contributed by atoms with van der Waals surface area (Å²) in [6.45, 7) is 2.63. The third kappa shape index (κ3) is 3.06. The maximum Gasteiger partial charge on any atom is 0.254 e. The Hall–Kier alpha value is -1.58. The van der Waals surface area contributed by atoms with Gasteiger partial charge in [-0.15, -0.1) is 0 Å². The minimum Gasteiger partial charge on any atom is -0.396 e. The minimum atomic E-state index is -0.523. The Kier molecular flexibility index (Phi) is 4.40. The first-order chi connectivity index (χ1) is 9.13. The third-order valence-electron chi connectivity index (χ3n) is 3.86. The van der Waals surface area contributed by atoms with Gasteiger partial charge in [0.15, 0.2) is 0 Å². The quantitative estimate of drug-likeness (QED) is 0.852. The van der Waals surface area contributed by atoms with Gasteiger partial charge in [-0.25, -0.2) is 4.39 Å². The van der Waals surface area contributed by atoms with E-state index in [0.717, 1.165) is 12.8 Å². The van der Waals surface area contributed by atoms with Gasteiger partial charge in [0, 0.05) is 18.2 Å². The Morgan fingerprint density at radius 2 is 2.05 bits per heavy atom. The number of hydrogen-bond donors (Lipinski definition) is 1. The molecule has 2 N–H and O–H groups in total. The molecule has 1 saturated carbocycles. The van der Waals surface area contributed by atoms with E-state index in [-0.39, 0.29) is 11.6 Å². The molecular formula is C15H21FN2O. The van der Waals surface area contributed by atoms with Crippen molar-refractivity contribution in [1.29, 1.82) is 0 Å². The molecule has 4 heteroatoms. The predicted octanol–water partition coefficient (Wildman–Crippen LogP) is 3.20. The Balaban J connectivity index is 2.17. The molecule has 0 bridgehead atoms. The summed E-state index contributed by atoms with van der Waals surface area (Å²) >= 11 is 0. The number of rotatable bonds is 3. The molecule has 1 aromatic rings. The van der Waals surface area contributed by atoms with Crippen molar-refractivity contribution in [1.82, 2.24) is 4.90 Å². The van der Waals surface area contributed by atoms with Crippen molar-refractivity contribution in [3.8, 4) is 0 Å². The standard InChI is InChI=1S/C15H21FN2O/c1-2-18(12-6-4-3-5-7-12)15(19)11-8-9-14(17)13(16)10-11/h8-10,12H,2-7,17H2,1H3. The molecule has 0 atom stereocenters. The van der Waals surface area contributed by atoms with E-state index in [1.807, 2.05) is 11.8 Å². The van der Waals surface area contributed by atoms with Crippen LogP contribution in [0.25, 0.3) is 0 Å². The van der Waals surface area contributed by atoms with Crippen LogP contribution < -0.4 is 5.73 Å². The molecule has 0 aromatic heterocycles. The lowest BCUT2D eigenvalue weighted by Gasteiger charge is -2.33. The van der Waals surface area contributed by atoms with Crippen LogP contribution in [0.1, 0.15) is 49.4 Å². The van der Waals surface area contributed by atoms with Crippen molar-refractivity contribution in [2.24, 2.45) is 0 Å². The monoisotopic (exact) mass is 264 g/mol. The van der Waals surface area contributed by atoms with Gasteiger partial charge in [-0.3, -0.25) is 4.79 Å². The smallest absolute Gasteiger partial charge is 0.254 e. The van der Waals surface area contributed by atoms with Crippen LogP contribution in [0.5, 0.6) is 0 Å². The predicted molar refractivity (Wildman–Crippen MR) is 74.4 cm³/mol. The molecule has 0 spiro atoms. The zero-order valence-corrected chi connectivity index (χ0v) is 11.4. The summed E-state index contributed by atoms with van der Waals surface area (Å²) < 4.78 is 13.5. The maximum absolute atomic E-state index is 13.5. The summed E-state index contributed by atoms with van der Waals surface area (Å²) in [4.78, 5) is 14.3. The fourth-order valence-corrected chi connectivity index (χ4v) is 2.79. The topological polar surface area (TPSA) is 46.3 Å². The normalized spacial score (nSPS) is 16.3. The molecule has 2 rings (SSSR count). The Morgan fingerprint density at radius 1 is 1.37 bits per heavy atom. The van der Waals surface area contributed by atoms with Crippen molar-refractivity contribution in [3.63, 3.8) is 0 Å². The maximum atomic E-state index is 13.5. The zero-order chi connectivity index (χ0) is 13.8. The molecule has 19 heavy (non-hydrogen) atoms. The largest absolute Gasteiger partial charge is 0.396 e. The third-order valence-corrected chi connectivity index (χ3v) is 3.86. The van der Waals surface area contributed by atoms with Crippen LogP contribution in [0.3, 0.4) is 0 Å². The van der Waals surface area contributed by atoms with Crippen LogP contribution in [0.2, 0.25) is 0 Å². The van der Waals surface area contributed by atoms with Gasteiger partial charge in [-0.05, 0) is 38.0 Å². The number of carbonyl (C=O) groups excluding carboxylic acids is 1. The molecule has 0 aliphatic heterocycles. The first-order valence-electron chi connectivity index (χ1n) is 6.99. The van der Waals surface area contributed by atoms with Crippen LogP contribution in [0.4, 0.5) is 10.1 Å². The number of nitrogen functional groups attached to an aromatic ring is 1. The highest BCUT2D eigenvalue weighted by Gasteiger charge is 2.25. The second-order valence-electron chi connectivity index (χ2n) is 5.12. The first-order valence-corrected chi connectivity index (χ1v) is 6.99. The van der Waals surface area contributed by atoms with E-state index in [9.17, 15) is 9.18 Å². The van der Waals surface area contributed by atoms with Gasteiger partial charge in [0.25, 0.3) is 5.91 Å². The minimum absolute atomic E-state index is 0.0808. The zero-order valence-electron chi connectivity index (χ0n) is 11.4. The molecule has 0 saturated heterocycles. The van der Waals surface area contributed by atoms with Crippen LogP contribution >= 0.6 is 0 Å². The molecule has 1 aliphatic carbocycles. The molecule has 3 nitrogen and oxygen atoms in total. The molecule has 0 unspecified atom stereocenters. The Morgan fingerprint density at radius 3 is 2.63 bits per heavy atom. The van der Waals surface area contributed by atoms with Crippen molar-refractivity contribution in [2.45, 2.75) is 45.1 Å². The van der Waals surface area contributed by atoms with Gasteiger partial charge in [0.2, 0.25) is 0 Å². The van der Waals surface area contributed by atoms with Crippen molar-refractivity contribution in [3.05, 3.63) is 29.6 Å². The number of nitrogens with two attached hydrogens (primary N) is 1. The van der Waals surface area contributed by atoms with Gasteiger partial charge in [-0.2, -0.15) is 0 Å². The van der Waals surface area contributed by atoms with E-state index in [1.54, 1.807) is 6.07 Å². The lowest BCUT2D eigenvalue weighted by molar-refractivity contribution is 0.0647. The van der Waals surface area contributed by atoms with E-state index in [1.165, 1.54) is 31.4 Å². The fraction of sp³-hybridized carbons (Fsp3) is 0.533. The van der Waals surface area contributed by atoms with Crippen LogP contribution in [-0.4, -0.2) is 23.4 Å². The van der Waals surface area contributed by atoms with Crippen molar-refractivity contribution < 1.29 is 9.18 Å². The van der Waals surface area contributed by atoms with Gasteiger partial charge < -0.3 is 10.6 Å². The summed E-state index contributed by atoms with van der Waals surface area (Å²) in [6, 6.07) is 4.60. The average molecular weight is 264 g/mol. The lowest BCUT2D eigenvalue weighted by Crippen LogP contribution is -2.41. The number of amides is 1. The molecule has 1 fully saturated rings. The number of hydrogen-bond acceptors (Lipinski definition) is 2. The number of benzene rings is 1. The molecular weight excluding hydrogens is 243 g/mol. The van der Waals surface area contributed by atoms with Crippen molar-refractivity contribution in [2.75, 3.05) is 12.3 Å². The molecule has 1 aliphatic rings. The van der Waals surface area contributed by atoms with Crippen molar-refractivity contribution >= 4 is 11.6 Å². The highest BCUT2D eigenvalue weighted by molar-refractivity contribution is 5.94. The summed E-state index contributed by atoms with van der Waals surface area (Å²) in [5.41, 5.74) is 5.91. The van der Waals surface area contributed by atoms with Crippen LogP contribution in [-0.2, 0) is 0 Å². The Labute approximate surface area is 113 Å². The van der Waals surface area contributed by atoms with E-state index in [2.05, 4.69) is 0 Å². The van der Waals surface area contributed by atoms with Crippen LogP contribution in [0.15, 0.2) is 18.2 Å². The Bertz CT molecular complexity index is 455. The highest BCUT2D eigenvalue weighted by atomic mass is 19.1. The SMILES string of the molecule is CCN(C(=O)c1ccc(N)c(F)c1)C1CCCCC1. The number of carbonyl (C=O) groups is 1. The van der Waals surface area contributed by atoms with E-state index in [0.29, 0.717) is 18.2 Å². The van der Waals surface area contributed by atoms with Gasteiger partial charge in [-0.1, -0.05) is 19.3 Å². The summed E-state index contributed by atoms with van der Waals surface area (Å²) in [5.74, 6) is -0.612. The average Bonchev–Trinajstić information content (AvgIpc) is 2.44. The molecule has 0 heterocycles.